The number of piperidine rings is 1. The first-order chi connectivity index (χ1) is 11.2. The average molecular weight is 362 g/mol. The predicted molar refractivity (Wildman–Crippen MR) is 92.7 cm³/mol. The molecule has 0 unspecified atom stereocenters. The van der Waals surface area contributed by atoms with Gasteiger partial charge in [-0.2, -0.15) is 17.0 Å². The highest BCUT2D eigenvalue weighted by atomic mass is 32.2. The second kappa shape index (κ2) is 7.68. The van der Waals surface area contributed by atoms with Crippen molar-refractivity contribution in [2.75, 3.05) is 46.9 Å². The van der Waals surface area contributed by atoms with Gasteiger partial charge in [-0.15, -0.1) is 0 Å². The highest BCUT2D eigenvalue weighted by molar-refractivity contribution is 7.86. The normalized spacial score (nSPS) is 22.5. The first-order valence-electron chi connectivity index (χ1n) is 8.76. The molecule has 1 amide bonds. The summed E-state index contributed by atoms with van der Waals surface area (Å²) in [5, 5.41) is 0. The zero-order chi connectivity index (χ0) is 18.0. The van der Waals surface area contributed by atoms with Crippen molar-refractivity contribution in [1.29, 1.82) is 0 Å². The molecule has 0 N–H and O–H groups in total. The number of rotatable bonds is 5. The molecule has 0 radical (unpaired) electrons. The van der Waals surface area contributed by atoms with Gasteiger partial charge in [0.15, 0.2) is 0 Å². The standard InChI is InChI=1S/C16H31N3O4S/c1-14(2)5-6-15(20)18-11-12-23-16(13-18)7-9-19(10-8-16)24(21,22)17(3)4/h14H,5-13H2,1-4H3. The SMILES string of the molecule is CC(C)CCC(=O)N1CCOC2(CCN(S(=O)(=O)N(C)C)CC2)C1. The lowest BCUT2D eigenvalue weighted by Crippen LogP contribution is -2.59. The summed E-state index contributed by atoms with van der Waals surface area (Å²) in [4.78, 5) is 14.3. The van der Waals surface area contributed by atoms with E-state index in [1.54, 1.807) is 14.1 Å². The Bertz CT molecular complexity index is 540. The summed E-state index contributed by atoms with van der Waals surface area (Å²) in [6.45, 7) is 6.87. The maximum absolute atomic E-state index is 12.4. The molecule has 0 aliphatic carbocycles. The zero-order valence-corrected chi connectivity index (χ0v) is 16.1. The van der Waals surface area contributed by atoms with Crippen LogP contribution in [0.1, 0.15) is 39.5 Å². The minimum atomic E-state index is -3.37. The first-order valence-corrected chi connectivity index (χ1v) is 10.2. The van der Waals surface area contributed by atoms with Gasteiger partial charge in [-0.25, -0.2) is 0 Å². The summed E-state index contributed by atoms with van der Waals surface area (Å²) in [5.74, 6) is 0.707. The molecule has 0 aromatic heterocycles. The van der Waals surface area contributed by atoms with Crippen LogP contribution in [0.15, 0.2) is 0 Å². The molecular weight excluding hydrogens is 330 g/mol. The summed E-state index contributed by atoms with van der Waals surface area (Å²) in [6, 6.07) is 0. The molecule has 2 rings (SSSR count). The Morgan fingerprint density at radius 1 is 1.21 bits per heavy atom. The Hall–Kier alpha value is -0.700. The predicted octanol–water partition coefficient (Wildman–Crippen LogP) is 0.922. The van der Waals surface area contributed by atoms with Crippen LogP contribution < -0.4 is 0 Å². The van der Waals surface area contributed by atoms with Crippen molar-refractivity contribution >= 4 is 16.1 Å². The van der Waals surface area contributed by atoms with E-state index in [0.29, 0.717) is 58.0 Å². The molecule has 0 atom stereocenters. The number of morpholine rings is 1. The second-order valence-corrected chi connectivity index (χ2v) is 9.61. The number of hydrogen-bond acceptors (Lipinski definition) is 4. The summed E-state index contributed by atoms with van der Waals surface area (Å²) in [6.07, 6.45) is 2.75. The van der Waals surface area contributed by atoms with Crippen molar-refractivity contribution in [3.63, 3.8) is 0 Å². The van der Waals surface area contributed by atoms with E-state index in [0.717, 1.165) is 6.42 Å². The summed E-state index contributed by atoms with van der Waals surface area (Å²) in [5.41, 5.74) is -0.385. The van der Waals surface area contributed by atoms with Gasteiger partial charge in [-0.1, -0.05) is 13.8 Å². The van der Waals surface area contributed by atoms with Crippen LogP contribution in [0, 0.1) is 5.92 Å². The van der Waals surface area contributed by atoms with Crippen molar-refractivity contribution in [2.45, 2.75) is 45.1 Å². The van der Waals surface area contributed by atoms with E-state index in [9.17, 15) is 13.2 Å². The van der Waals surface area contributed by atoms with Gasteiger partial charge in [-0.05, 0) is 25.2 Å². The molecule has 140 valence electrons. The molecule has 2 saturated heterocycles. The lowest BCUT2D eigenvalue weighted by Gasteiger charge is -2.47. The Kier molecular flexibility index (Phi) is 6.28. The van der Waals surface area contributed by atoms with Crippen LogP contribution in [0.2, 0.25) is 0 Å². The average Bonchev–Trinajstić information content (AvgIpc) is 2.53. The van der Waals surface area contributed by atoms with Gasteiger partial charge in [0.05, 0.1) is 12.2 Å². The fourth-order valence-corrected chi connectivity index (χ4v) is 4.39. The van der Waals surface area contributed by atoms with E-state index in [4.69, 9.17) is 4.74 Å². The number of carbonyl (C=O) groups excluding carboxylic acids is 1. The third-order valence-electron chi connectivity index (χ3n) is 4.96. The number of ether oxygens (including phenoxy) is 1. The number of nitrogens with zero attached hydrogens (tertiary/aromatic N) is 3. The van der Waals surface area contributed by atoms with E-state index < -0.39 is 10.2 Å². The van der Waals surface area contributed by atoms with E-state index >= 15 is 0 Å². The van der Waals surface area contributed by atoms with Gasteiger partial charge in [-0.3, -0.25) is 4.79 Å². The Morgan fingerprint density at radius 2 is 1.83 bits per heavy atom. The quantitative estimate of drug-likeness (QED) is 0.730. The van der Waals surface area contributed by atoms with Crippen molar-refractivity contribution < 1.29 is 17.9 Å². The van der Waals surface area contributed by atoms with Gasteiger partial charge in [0, 0.05) is 46.7 Å². The topological polar surface area (TPSA) is 70.2 Å². The van der Waals surface area contributed by atoms with E-state index in [1.807, 2.05) is 4.90 Å². The third kappa shape index (κ3) is 4.47. The number of hydrogen-bond donors (Lipinski definition) is 0. The largest absolute Gasteiger partial charge is 0.371 e. The smallest absolute Gasteiger partial charge is 0.281 e. The fraction of sp³-hybridized carbons (Fsp3) is 0.938. The van der Waals surface area contributed by atoms with Crippen molar-refractivity contribution in [3.05, 3.63) is 0 Å². The van der Waals surface area contributed by atoms with Crippen LogP contribution in [0.25, 0.3) is 0 Å². The molecule has 0 aromatic rings. The van der Waals surface area contributed by atoms with Crippen LogP contribution in [-0.2, 0) is 19.7 Å². The first kappa shape index (κ1) is 19.6. The zero-order valence-electron chi connectivity index (χ0n) is 15.3. The van der Waals surface area contributed by atoms with E-state index in [-0.39, 0.29) is 11.5 Å². The van der Waals surface area contributed by atoms with Crippen LogP contribution in [-0.4, -0.2) is 80.3 Å². The molecule has 8 heteroatoms. The Labute approximate surface area is 146 Å². The Balaban J connectivity index is 1.94. The summed E-state index contributed by atoms with van der Waals surface area (Å²) in [7, 11) is -0.278. The highest BCUT2D eigenvalue weighted by Crippen LogP contribution is 2.31. The molecule has 0 saturated carbocycles. The maximum Gasteiger partial charge on any atom is 0.281 e. The van der Waals surface area contributed by atoms with Crippen LogP contribution in [0.3, 0.4) is 0 Å². The molecule has 0 bridgehead atoms. The molecular formula is C16H31N3O4S. The second-order valence-electron chi connectivity index (χ2n) is 7.47. The van der Waals surface area contributed by atoms with Gasteiger partial charge >= 0.3 is 0 Å². The van der Waals surface area contributed by atoms with Crippen LogP contribution in [0.4, 0.5) is 0 Å². The van der Waals surface area contributed by atoms with Crippen molar-refractivity contribution in [3.8, 4) is 0 Å². The fourth-order valence-electron chi connectivity index (χ4n) is 3.29. The van der Waals surface area contributed by atoms with Gasteiger partial charge in [0.25, 0.3) is 10.2 Å². The van der Waals surface area contributed by atoms with Crippen molar-refractivity contribution in [1.82, 2.24) is 13.5 Å². The Morgan fingerprint density at radius 3 is 2.38 bits per heavy atom. The molecule has 2 heterocycles. The third-order valence-corrected chi connectivity index (χ3v) is 6.90. The van der Waals surface area contributed by atoms with Gasteiger partial charge < -0.3 is 9.64 Å². The van der Waals surface area contributed by atoms with Gasteiger partial charge in [0.1, 0.15) is 0 Å². The molecule has 7 nitrogen and oxygen atoms in total. The lowest BCUT2D eigenvalue weighted by atomic mass is 9.90. The molecule has 1 spiro atoms. The van der Waals surface area contributed by atoms with Gasteiger partial charge in [0.2, 0.25) is 5.91 Å². The molecule has 2 fully saturated rings. The van der Waals surface area contributed by atoms with E-state index in [1.165, 1.54) is 8.61 Å². The van der Waals surface area contributed by atoms with E-state index in [2.05, 4.69) is 13.8 Å². The minimum Gasteiger partial charge on any atom is -0.371 e. The van der Waals surface area contributed by atoms with Crippen LogP contribution >= 0.6 is 0 Å². The molecule has 2 aliphatic rings. The summed E-state index contributed by atoms with van der Waals surface area (Å²) < 4.78 is 33.2. The number of carbonyl (C=O) groups is 1. The molecule has 2 aliphatic heterocycles. The maximum atomic E-state index is 12.4. The summed E-state index contributed by atoms with van der Waals surface area (Å²) >= 11 is 0. The number of amides is 1. The minimum absolute atomic E-state index is 0.190. The molecule has 0 aromatic carbocycles. The van der Waals surface area contributed by atoms with Crippen LogP contribution in [0.5, 0.6) is 0 Å². The highest BCUT2D eigenvalue weighted by Gasteiger charge is 2.43. The monoisotopic (exact) mass is 361 g/mol. The lowest BCUT2D eigenvalue weighted by molar-refractivity contribution is -0.157. The molecule has 24 heavy (non-hydrogen) atoms. The van der Waals surface area contributed by atoms with Crippen molar-refractivity contribution in [2.24, 2.45) is 5.92 Å².